The highest BCUT2D eigenvalue weighted by Crippen LogP contribution is 2.38. The fourth-order valence-electron chi connectivity index (χ4n) is 1.73. The van der Waals surface area contributed by atoms with Crippen molar-refractivity contribution in [3.05, 3.63) is 23.8 Å². The predicted molar refractivity (Wildman–Crippen MR) is 51.9 cm³/mol. The number of benzene rings is 1. The average Bonchev–Trinajstić information content (AvgIpc) is 2.60. The van der Waals surface area contributed by atoms with E-state index in [1.807, 2.05) is 12.1 Å². The third-order valence-corrected chi connectivity index (χ3v) is 2.43. The molecule has 1 aromatic rings. The molecule has 0 aromatic heterocycles. The van der Waals surface area contributed by atoms with Gasteiger partial charge in [-0.25, -0.2) is 0 Å². The summed E-state index contributed by atoms with van der Waals surface area (Å²) >= 11 is 0. The number of para-hydroxylation sites is 1. The van der Waals surface area contributed by atoms with Crippen LogP contribution in [0.1, 0.15) is 11.5 Å². The first kappa shape index (κ1) is 8.87. The third-order valence-electron chi connectivity index (χ3n) is 2.43. The highest BCUT2D eigenvalue weighted by molar-refractivity contribution is 5.84. The summed E-state index contributed by atoms with van der Waals surface area (Å²) < 4.78 is 5.13. The number of fused-ring (bicyclic) bond motifs is 1. The van der Waals surface area contributed by atoms with E-state index in [2.05, 4.69) is 5.32 Å². The molecule has 0 bridgehead atoms. The highest BCUT2D eigenvalue weighted by Gasteiger charge is 2.29. The molecule has 0 amide bonds. The van der Waals surface area contributed by atoms with Crippen molar-refractivity contribution in [2.75, 3.05) is 19.0 Å². The molecule has 4 heteroatoms. The molecule has 1 atom stereocenters. The zero-order valence-electron chi connectivity index (χ0n) is 7.78. The number of hydrogen-bond acceptors (Lipinski definition) is 3. The number of aliphatic carboxylic acids is 1. The normalized spacial score (nSPS) is 18.5. The number of carboxylic acid groups (broad SMARTS) is 1. The molecule has 1 heterocycles. The van der Waals surface area contributed by atoms with Gasteiger partial charge in [0, 0.05) is 6.54 Å². The van der Waals surface area contributed by atoms with Gasteiger partial charge in [-0.2, -0.15) is 0 Å². The first-order valence-electron chi connectivity index (χ1n) is 4.37. The summed E-state index contributed by atoms with van der Waals surface area (Å²) in [6.45, 7) is 0.436. The smallest absolute Gasteiger partial charge is 0.312 e. The van der Waals surface area contributed by atoms with Crippen LogP contribution in [-0.4, -0.2) is 24.7 Å². The SMILES string of the molecule is COc1cccc2c1NCC2C(=O)O. The van der Waals surface area contributed by atoms with Crippen LogP contribution >= 0.6 is 0 Å². The summed E-state index contributed by atoms with van der Waals surface area (Å²) in [5.74, 6) is -0.559. The Kier molecular flexibility index (Phi) is 2.04. The third kappa shape index (κ3) is 1.19. The van der Waals surface area contributed by atoms with Gasteiger partial charge in [-0.15, -0.1) is 0 Å². The molecule has 1 aliphatic rings. The van der Waals surface area contributed by atoms with Gasteiger partial charge in [-0.3, -0.25) is 4.79 Å². The predicted octanol–water partition coefficient (Wildman–Crippen LogP) is 1.29. The topological polar surface area (TPSA) is 58.6 Å². The van der Waals surface area contributed by atoms with Gasteiger partial charge in [-0.1, -0.05) is 12.1 Å². The van der Waals surface area contributed by atoms with Gasteiger partial charge in [0.15, 0.2) is 0 Å². The Morgan fingerprint density at radius 1 is 1.64 bits per heavy atom. The second kappa shape index (κ2) is 3.21. The molecular formula is C10H11NO3. The van der Waals surface area contributed by atoms with Crippen molar-refractivity contribution >= 4 is 11.7 Å². The molecule has 0 saturated carbocycles. The lowest BCUT2D eigenvalue weighted by molar-refractivity contribution is -0.138. The van der Waals surface area contributed by atoms with E-state index >= 15 is 0 Å². The van der Waals surface area contributed by atoms with Gasteiger partial charge >= 0.3 is 5.97 Å². The van der Waals surface area contributed by atoms with Crippen LogP contribution in [0.3, 0.4) is 0 Å². The van der Waals surface area contributed by atoms with Crippen molar-refractivity contribution in [1.82, 2.24) is 0 Å². The van der Waals surface area contributed by atoms with Gasteiger partial charge < -0.3 is 15.2 Å². The van der Waals surface area contributed by atoms with Crippen LogP contribution < -0.4 is 10.1 Å². The summed E-state index contributed by atoms with van der Waals surface area (Å²) in [5, 5.41) is 12.0. The molecule has 0 aliphatic carbocycles. The maximum Gasteiger partial charge on any atom is 0.312 e. The summed E-state index contributed by atoms with van der Waals surface area (Å²) in [6.07, 6.45) is 0. The fraction of sp³-hybridized carbons (Fsp3) is 0.300. The number of nitrogens with one attached hydrogen (secondary N) is 1. The lowest BCUT2D eigenvalue weighted by Crippen LogP contribution is -2.12. The molecule has 0 spiro atoms. The van der Waals surface area contributed by atoms with Gasteiger partial charge in [0.05, 0.1) is 12.8 Å². The van der Waals surface area contributed by atoms with Gasteiger partial charge in [-0.05, 0) is 11.6 Å². The molecule has 1 aliphatic heterocycles. The molecule has 0 radical (unpaired) electrons. The Balaban J connectivity index is 2.46. The first-order valence-corrected chi connectivity index (χ1v) is 4.37. The van der Waals surface area contributed by atoms with Gasteiger partial charge in [0.1, 0.15) is 11.7 Å². The molecule has 1 aromatic carbocycles. The van der Waals surface area contributed by atoms with Crippen LogP contribution in [0.4, 0.5) is 5.69 Å². The van der Waals surface area contributed by atoms with E-state index in [9.17, 15) is 4.79 Å². The number of rotatable bonds is 2. The maximum atomic E-state index is 10.9. The van der Waals surface area contributed by atoms with Crippen molar-refractivity contribution < 1.29 is 14.6 Å². The number of methoxy groups -OCH3 is 1. The Hall–Kier alpha value is -1.71. The number of carbonyl (C=O) groups is 1. The second-order valence-corrected chi connectivity index (χ2v) is 3.20. The van der Waals surface area contributed by atoms with Crippen LogP contribution in [0, 0.1) is 0 Å². The Morgan fingerprint density at radius 2 is 2.43 bits per heavy atom. The van der Waals surface area contributed by atoms with Crippen molar-refractivity contribution in [2.45, 2.75) is 5.92 Å². The van der Waals surface area contributed by atoms with Crippen molar-refractivity contribution in [3.8, 4) is 5.75 Å². The van der Waals surface area contributed by atoms with Crippen LogP contribution in [0.25, 0.3) is 0 Å². The minimum absolute atomic E-state index is 0.436. The molecule has 0 saturated heterocycles. The zero-order chi connectivity index (χ0) is 10.1. The average molecular weight is 193 g/mol. The van der Waals surface area contributed by atoms with E-state index in [0.29, 0.717) is 12.3 Å². The van der Waals surface area contributed by atoms with Gasteiger partial charge in [0.25, 0.3) is 0 Å². The maximum absolute atomic E-state index is 10.9. The van der Waals surface area contributed by atoms with Crippen molar-refractivity contribution in [3.63, 3.8) is 0 Å². The molecule has 1 unspecified atom stereocenters. The Labute approximate surface area is 81.5 Å². The van der Waals surface area contributed by atoms with Crippen LogP contribution in [0.5, 0.6) is 5.75 Å². The number of carboxylic acids is 1. The molecule has 0 fully saturated rings. The molecule has 2 rings (SSSR count). The Morgan fingerprint density at radius 3 is 3.07 bits per heavy atom. The molecule has 4 nitrogen and oxygen atoms in total. The van der Waals surface area contributed by atoms with E-state index < -0.39 is 11.9 Å². The van der Waals surface area contributed by atoms with Crippen molar-refractivity contribution in [1.29, 1.82) is 0 Å². The largest absolute Gasteiger partial charge is 0.495 e. The zero-order valence-corrected chi connectivity index (χ0v) is 7.78. The fourth-order valence-corrected chi connectivity index (χ4v) is 1.73. The van der Waals surface area contributed by atoms with E-state index in [4.69, 9.17) is 9.84 Å². The summed E-state index contributed by atoms with van der Waals surface area (Å²) in [5.41, 5.74) is 1.61. The summed E-state index contributed by atoms with van der Waals surface area (Å²) in [4.78, 5) is 10.9. The van der Waals surface area contributed by atoms with E-state index in [1.54, 1.807) is 13.2 Å². The van der Waals surface area contributed by atoms with Crippen LogP contribution in [0.15, 0.2) is 18.2 Å². The molecule has 74 valence electrons. The lowest BCUT2D eigenvalue weighted by Gasteiger charge is -2.07. The minimum Gasteiger partial charge on any atom is -0.495 e. The number of hydrogen-bond donors (Lipinski definition) is 2. The quantitative estimate of drug-likeness (QED) is 0.743. The summed E-state index contributed by atoms with van der Waals surface area (Å²) in [6, 6.07) is 5.44. The second-order valence-electron chi connectivity index (χ2n) is 3.20. The lowest BCUT2D eigenvalue weighted by atomic mass is 10.0. The number of ether oxygens (including phenoxy) is 1. The van der Waals surface area contributed by atoms with E-state index in [-0.39, 0.29) is 0 Å². The van der Waals surface area contributed by atoms with Crippen LogP contribution in [-0.2, 0) is 4.79 Å². The standard InChI is InChI=1S/C10H11NO3/c1-14-8-4-2-3-6-7(10(12)13)5-11-9(6)8/h2-4,7,11H,5H2,1H3,(H,12,13). The summed E-state index contributed by atoms with van der Waals surface area (Å²) in [7, 11) is 1.57. The number of anilines is 1. The van der Waals surface area contributed by atoms with Gasteiger partial charge in [0.2, 0.25) is 0 Å². The first-order chi connectivity index (χ1) is 6.74. The molecule has 14 heavy (non-hydrogen) atoms. The van der Waals surface area contributed by atoms with E-state index in [0.717, 1.165) is 11.3 Å². The molecule has 2 N–H and O–H groups in total. The van der Waals surface area contributed by atoms with Crippen molar-refractivity contribution in [2.24, 2.45) is 0 Å². The minimum atomic E-state index is -0.801. The van der Waals surface area contributed by atoms with E-state index in [1.165, 1.54) is 0 Å². The molecular weight excluding hydrogens is 182 g/mol. The van der Waals surface area contributed by atoms with Crippen LogP contribution in [0.2, 0.25) is 0 Å². The Bertz CT molecular complexity index is 376. The highest BCUT2D eigenvalue weighted by atomic mass is 16.5. The monoisotopic (exact) mass is 193 g/mol.